The lowest BCUT2D eigenvalue weighted by molar-refractivity contribution is -0.141. The molecule has 0 aliphatic carbocycles. The molecule has 1 aromatic carbocycles. The van der Waals surface area contributed by atoms with Crippen LogP contribution in [0.4, 0.5) is 27.6 Å². The van der Waals surface area contributed by atoms with Crippen LogP contribution in [0.25, 0.3) is 0 Å². The lowest BCUT2D eigenvalue weighted by Crippen LogP contribution is -2.27. The van der Waals surface area contributed by atoms with Crippen LogP contribution in [-0.2, 0) is 30.6 Å². The zero-order valence-corrected chi connectivity index (χ0v) is 22.7. The van der Waals surface area contributed by atoms with Crippen LogP contribution in [0.5, 0.6) is 0 Å². The average molecular weight is 604 g/mol. The molecule has 0 saturated carbocycles. The maximum absolute atomic E-state index is 14.7. The molecule has 3 aromatic heterocycles. The number of rotatable bonds is 11. The van der Waals surface area contributed by atoms with Gasteiger partial charge < -0.3 is 15.2 Å². The van der Waals surface area contributed by atoms with Crippen molar-refractivity contribution in [2.24, 2.45) is 0 Å². The molecule has 0 saturated heterocycles. The molecule has 0 bridgehead atoms. The van der Waals surface area contributed by atoms with Crippen molar-refractivity contribution in [2.75, 3.05) is 5.32 Å². The fourth-order valence-electron chi connectivity index (χ4n) is 3.99. The van der Waals surface area contributed by atoms with E-state index in [2.05, 4.69) is 25.9 Å². The summed E-state index contributed by atoms with van der Waals surface area (Å²) in [5.74, 6) is -2.95. The number of hydrogen-bond donors (Lipinski definition) is 2. The monoisotopic (exact) mass is 603 g/mol. The lowest BCUT2D eigenvalue weighted by Gasteiger charge is -2.14. The maximum Gasteiger partial charge on any atom is 0.433 e. The van der Waals surface area contributed by atoms with Crippen molar-refractivity contribution in [2.45, 2.75) is 51.2 Å². The van der Waals surface area contributed by atoms with E-state index in [9.17, 15) is 36.3 Å². The van der Waals surface area contributed by atoms with Crippen LogP contribution in [-0.4, -0.2) is 42.5 Å². The molecule has 2 amide bonds. The number of carbonyl (C=O) groups is 2. The van der Waals surface area contributed by atoms with E-state index in [0.717, 1.165) is 27.1 Å². The Labute approximate surface area is 241 Å². The SMILES string of the molecule is C[C@H](C(=O)Nc1ccn(CCC(F)Cn2cc(C(=O)NCc3ccc(C(F)(F)F)nc3)nn2)c(=O)c1F)c1ccccc1. The van der Waals surface area contributed by atoms with E-state index in [1.807, 2.05) is 0 Å². The normalized spacial score (nSPS) is 12.9. The van der Waals surface area contributed by atoms with Crippen LogP contribution in [0.3, 0.4) is 0 Å². The van der Waals surface area contributed by atoms with Crippen molar-refractivity contribution in [1.29, 1.82) is 0 Å². The minimum absolute atomic E-state index is 0.123. The molecule has 0 aliphatic heterocycles. The predicted molar refractivity (Wildman–Crippen MR) is 144 cm³/mol. The first-order valence-electron chi connectivity index (χ1n) is 13.0. The van der Waals surface area contributed by atoms with Gasteiger partial charge in [0.25, 0.3) is 11.5 Å². The maximum atomic E-state index is 14.7. The Hall–Kier alpha value is -4.95. The molecule has 4 aromatic rings. The second-order valence-corrected chi connectivity index (χ2v) is 9.61. The summed E-state index contributed by atoms with van der Waals surface area (Å²) in [6, 6.07) is 12.0. The van der Waals surface area contributed by atoms with Gasteiger partial charge in [-0.25, -0.2) is 9.07 Å². The molecule has 10 nitrogen and oxygen atoms in total. The quantitative estimate of drug-likeness (QED) is 0.249. The zero-order valence-electron chi connectivity index (χ0n) is 22.7. The highest BCUT2D eigenvalue weighted by molar-refractivity contribution is 5.95. The van der Waals surface area contributed by atoms with Crippen molar-refractivity contribution in [1.82, 2.24) is 29.9 Å². The van der Waals surface area contributed by atoms with E-state index < -0.39 is 47.2 Å². The topological polar surface area (TPSA) is 124 Å². The molecule has 3 heterocycles. The van der Waals surface area contributed by atoms with Crippen molar-refractivity contribution in [3.05, 3.63) is 106 Å². The molecule has 2 N–H and O–H groups in total. The summed E-state index contributed by atoms with van der Waals surface area (Å²) in [5.41, 5.74) is -1.48. The van der Waals surface area contributed by atoms with Gasteiger partial charge in [-0.3, -0.25) is 19.4 Å². The number of amides is 2. The summed E-state index contributed by atoms with van der Waals surface area (Å²) < 4.78 is 69.3. The lowest BCUT2D eigenvalue weighted by atomic mass is 10.0. The number of aryl methyl sites for hydroxylation is 1. The number of hydrogen-bond acceptors (Lipinski definition) is 6. The summed E-state index contributed by atoms with van der Waals surface area (Å²) in [4.78, 5) is 40.6. The number of aromatic nitrogens is 5. The van der Waals surface area contributed by atoms with Crippen LogP contribution in [0.15, 0.2) is 71.9 Å². The summed E-state index contributed by atoms with van der Waals surface area (Å²) in [6.45, 7) is 1.04. The number of alkyl halides is 4. The minimum Gasteiger partial charge on any atom is -0.346 e. The molecule has 0 spiro atoms. The summed E-state index contributed by atoms with van der Waals surface area (Å²) in [6.07, 6.45) is -2.89. The van der Waals surface area contributed by atoms with Crippen LogP contribution < -0.4 is 16.2 Å². The van der Waals surface area contributed by atoms with Crippen molar-refractivity contribution in [3.8, 4) is 0 Å². The number of nitrogens with one attached hydrogen (secondary N) is 2. The summed E-state index contributed by atoms with van der Waals surface area (Å²) in [5, 5.41) is 12.2. The van der Waals surface area contributed by atoms with E-state index in [1.54, 1.807) is 37.3 Å². The predicted octanol–water partition coefficient (Wildman–Crippen LogP) is 4.09. The Bertz CT molecular complexity index is 1620. The first kappa shape index (κ1) is 31.0. The molecule has 2 atom stereocenters. The Morgan fingerprint density at radius 3 is 2.49 bits per heavy atom. The van der Waals surface area contributed by atoms with Gasteiger partial charge in [0, 0.05) is 25.5 Å². The van der Waals surface area contributed by atoms with Gasteiger partial charge in [0.05, 0.1) is 24.3 Å². The summed E-state index contributed by atoms with van der Waals surface area (Å²) >= 11 is 0. The molecule has 15 heteroatoms. The van der Waals surface area contributed by atoms with Gasteiger partial charge in [0.15, 0.2) is 5.69 Å². The highest BCUT2D eigenvalue weighted by atomic mass is 19.4. The number of halogens is 5. The number of carbonyl (C=O) groups excluding carboxylic acids is 2. The number of nitrogens with zero attached hydrogens (tertiary/aromatic N) is 5. The highest BCUT2D eigenvalue weighted by Crippen LogP contribution is 2.27. The minimum atomic E-state index is -4.58. The molecule has 226 valence electrons. The number of anilines is 1. The Morgan fingerprint density at radius 1 is 1.07 bits per heavy atom. The number of pyridine rings is 2. The van der Waals surface area contributed by atoms with Gasteiger partial charge in [-0.15, -0.1) is 5.10 Å². The highest BCUT2D eigenvalue weighted by Gasteiger charge is 2.32. The second-order valence-electron chi connectivity index (χ2n) is 9.61. The molecular weight excluding hydrogens is 577 g/mol. The smallest absolute Gasteiger partial charge is 0.346 e. The molecule has 0 aliphatic rings. The third-order valence-corrected chi connectivity index (χ3v) is 6.46. The summed E-state index contributed by atoms with van der Waals surface area (Å²) in [7, 11) is 0. The molecule has 1 unspecified atom stereocenters. The van der Waals surface area contributed by atoms with Gasteiger partial charge in [-0.05, 0) is 36.6 Å². The molecule has 0 fully saturated rings. The molecule has 0 radical (unpaired) electrons. The molecular formula is C28H26F5N7O3. The third kappa shape index (κ3) is 8.08. The molecule has 4 rings (SSSR count). The van der Waals surface area contributed by atoms with Gasteiger partial charge >= 0.3 is 6.18 Å². The average Bonchev–Trinajstić information content (AvgIpc) is 3.46. The zero-order chi connectivity index (χ0) is 31.1. The van der Waals surface area contributed by atoms with E-state index in [-0.39, 0.29) is 37.4 Å². The fourth-order valence-corrected chi connectivity index (χ4v) is 3.99. The van der Waals surface area contributed by atoms with Crippen molar-refractivity contribution < 1.29 is 31.5 Å². The fraction of sp³-hybridized carbons (Fsp3) is 0.286. The van der Waals surface area contributed by atoms with Gasteiger partial charge in [0.2, 0.25) is 11.7 Å². The number of benzene rings is 1. The largest absolute Gasteiger partial charge is 0.433 e. The Morgan fingerprint density at radius 2 is 1.81 bits per heavy atom. The van der Waals surface area contributed by atoms with E-state index in [1.165, 1.54) is 24.5 Å². The second kappa shape index (κ2) is 13.4. The Kier molecular flexibility index (Phi) is 9.63. The van der Waals surface area contributed by atoms with E-state index >= 15 is 0 Å². The first-order valence-corrected chi connectivity index (χ1v) is 13.0. The standard InChI is InChI=1S/C28H26F5N7O3/c1-17(19-5-3-2-4-6-19)25(41)36-21-10-12-39(27(43)24(21)30)11-9-20(29)15-40-16-22(37-38-40)26(42)35-14-18-7-8-23(34-13-18)28(31,32)33/h2-8,10,12-13,16-17,20H,9,11,14-15H2,1H3,(H,35,42)(H,36,41)/t17-,20?/m0/s1. The van der Waals surface area contributed by atoms with Crippen LogP contribution in [0.2, 0.25) is 0 Å². The van der Waals surface area contributed by atoms with Gasteiger partial charge in [-0.1, -0.05) is 41.6 Å². The van der Waals surface area contributed by atoms with E-state index in [4.69, 9.17) is 0 Å². The van der Waals surface area contributed by atoms with Crippen LogP contribution in [0, 0.1) is 5.82 Å². The Balaban J connectivity index is 1.26. The van der Waals surface area contributed by atoms with Gasteiger partial charge in [0.1, 0.15) is 11.9 Å². The van der Waals surface area contributed by atoms with E-state index in [0.29, 0.717) is 5.56 Å². The third-order valence-electron chi connectivity index (χ3n) is 6.46. The van der Waals surface area contributed by atoms with Crippen LogP contribution >= 0.6 is 0 Å². The first-order chi connectivity index (χ1) is 20.4. The van der Waals surface area contributed by atoms with Crippen molar-refractivity contribution in [3.63, 3.8) is 0 Å². The van der Waals surface area contributed by atoms with Crippen molar-refractivity contribution >= 4 is 17.5 Å². The van der Waals surface area contributed by atoms with Crippen LogP contribution in [0.1, 0.15) is 46.6 Å². The van der Waals surface area contributed by atoms with Gasteiger partial charge in [-0.2, -0.15) is 17.6 Å². The molecule has 43 heavy (non-hydrogen) atoms.